The summed E-state index contributed by atoms with van der Waals surface area (Å²) in [5, 5.41) is 0. The number of halogens is 1. The molecule has 0 unspecified atom stereocenters. The summed E-state index contributed by atoms with van der Waals surface area (Å²) < 4.78 is 30.6. The Bertz CT molecular complexity index is 586. The third-order valence-corrected chi connectivity index (χ3v) is 5.91. The van der Waals surface area contributed by atoms with Gasteiger partial charge in [0.1, 0.15) is 0 Å². The summed E-state index contributed by atoms with van der Waals surface area (Å²) in [5.41, 5.74) is 6.37. The Morgan fingerprint density at radius 2 is 2.10 bits per heavy atom. The molecular formula is C11H20ClN3O4S2. The molecule has 0 amide bonds. The summed E-state index contributed by atoms with van der Waals surface area (Å²) >= 11 is 0.889. The van der Waals surface area contributed by atoms with E-state index in [1.54, 1.807) is 0 Å². The van der Waals surface area contributed by atoms with Gasteiger partial charge in [-0.15, -0.1) is 23.7 Å². The van der Waals surface area contributed by atoms with Gasteiger partial charge in [0.2, 0.25) is 0 Å². The first-order valence-corrected chi connectivity index (χ1v) is 8.16. The maximum Gasteiger partial charge on any atom is 0.358 e. The summed E-state index contributed by atoms with van der Waals surface area (Å²) in [5.74, 6) is -0.767. The van der Waals surface area contributed by atoms with Crippen molar-refractivity contribution in [2.75, 3.05) is 27.2 Å². The molecule has 2 N–H and O–H groups in total. The predicted octanol–water partition coefficient (Wildman–Crippen LogP) is 0.957. The largest absolute Gasteiger partial charge is 0.464 e. The number of hydrogen-bond acceptors (Lipinski definition) is 7. The Kier molecular flexibility index (Phi) is 7.24. The summed E-state index contributed by atoms with van der Waals surface area (Å²) in [6.07, 6.45) is 0. The van der Waals surface area contributed by atoms with Crippen molar-refractivity contribution in [2.45, 2.75) is 18.1 Å². The van der Waals surface area contributed by atoms with Crippen molar-refractivity contribution in [3.8, 4) is 0 Å². The van der Waals surface area contributed by atoms with E-state index in [0.29, 0.717) is 6.54 Å². The Labute approximate surface area is 134 Å². The van der Waals surface area contributed by atoms with Gasteiger partial charge in [-0.2, -0.15) is 4.31 Å². The zero-order valence-corrected chi connectivity index (χ0v) is 14.8. The fourth-order valence-electron chi connectivity index (χ4n) is 1.54. The van der Waals surface area contributed by atoms with E-state index >= 15 is 0 Å². The smallest absolute Gasteiger partial charge is 0.358 e. The summed E-state index contributed by atoms with van der Waals surface area (Å²) in [7, 11) is -1.16. The van der Waals surface area contributed by atoms with Gasteiger partial charge in [0.15, 0.2) is 9.90 Å². The molecule has 122 valence electrons. The number of thiazole rings is 1. The van der Waals surface area contributed by atoms with Gasteiger partial charge in [0.05, 0.1) is 12.6 Å². The zero-order valence-electron chi connectivity index (χ0n) is 12.3. The normalized spacial score (nSPS) is 12.1. The maximum atomic E-state index is 12.5. The van der Waals surface area contributed by atoms with Crippen LogP contribution in [0.2, 0.25) is 0 Å². The van der Waals surface area contributed by atoms with Crippen LogP contribution >= 0.6 is 23.7 Å². The Morgan fingerprint density at radius 3 is 2.57 bits per heavy atom. The molecule has 0 aliphatic rings. The molecule has 10 heteroatoms. The van der Waals surface area contributed by atoms with Crippen LogP contribution in [0.15, 0.2) is 9.72 Å². The van der Waals surface area contributed by atoms with Gasteiger partial charge in [-0.05, 0) is 12.0 Å². The van der Waals surface area contributed by atoms with Gasteiger partial charge in [0.25, 0.3) is 10.0 Å². The lowest BCUT2D eigenvalue weighted by molar-refractivity contribution is 0.0590. The van der Waals surface area contributed by atoms with E-state index in [2.05, 4.69) is 9.72 Å². The average molecular weight is 358 g/mol. The number of carbonyl (C=O) groups excluding carboxylic acids is 1. The van der Waals surface area contributed by atoms with Crippen molar-refractivity contribution in [3.63, 3.8) is 0 Å². The minimum atomic E-state index is -3.79. The van der Waals surface area contributed by atoms with E-state index in [-0.39, 0.29) is 34.3 Å². The van der Waals surface area contributed by atoms with Crippen molar-refractivity contribution < 1.29 is 17.9 Å². The Balaban J connectivity index is 0.00000400. The van der Waals surface area contributed by atoms with E-state index in [1.165, 1.54) is 24.0 Å². The molecule has 7 nitrogen and oxygen atoms in total. The molecule has 0 aromatic carbocycles. The van der Waals surface area contributed by atoms with Gasteiger partial charge in [-0.3, -0.25) is 0 Å². The van der Waals surface area contributed by atoms with Crippen LogP contribution in [0.5, 0.6) is 0 Å². The van der Waals surface area contributed by atoms with Gasteiger partial charge < -0.3 is 10.5 Å². The number of rotatable bonds is 6. The Morgan fingerprint density at radius 1 is 1.52 bits per heavy atom. The molecule has 0 aliphatic carbocycles. The standard InChI is InChI=1S/C11H19N3O4S2.ClH/c1-11(2,5-12)6-14(3)20(16,17)10-8(9(15)18-4)13-7-19-10;/h7H,5-6,12H2,1-4H3;1H. The van der Waals surface area contributed by atoms with Crippen molar-refractivity contribution in [1.29, 1.82) is 0 Å². The molecule has 0 atom stereocenters. The van der Waals surface area contributed by atoms with E-state index in [4.69, 9.17) is 5.73 Å². The third-order valence-electron chi connectivity index (χ3n) is 2.76. The fourth-order valence-corrected chi connectivity index (χ4v) is 4.23. The van der Waals surface area contributed by atoms with Crippen LogP contribution in [0, 0.1) is 5.41 Å². The van der Waals surface area contributed by atoms with Gasteiger partial charge in [-0.1, -0.05) is 13.8 Å². The maximum absolute atomic E-state index is 12.5. The molecule has 1 rings (SSSR count). The van der Waals surface area contributed by atoms with Crippen LogP contribution in [-0.4, -0.2) is 50.9 Å². The number of nitrogens with two attached hydrogens (primary N) is 1. The van der Waals surface area contributed by atoms with Gasteiger partial charge in [0, 0.05) is 13.6 Å². The quantitative estimate of drug-likeness (QED) is 0.760. The van der Waals surface area contributed by atoms with Crippen molar-refractivity contribution in [3.05, 3.63) is 11.2 Å². The van der Waals surface area contributed by atoms with Crippen LogP contribution in [0.1, 0.15) is 24.3 Å². The van der Waals surface area contributed by atoms with E-state index in [0.717, 1.165) is 11.3 Å². The lowest BCUT2D eigenvalue weighted by Crippen LogP contribution is -2.39. The molecule has 0 aliphatic heterocycles. The number of esters is 1. The monoisotopic (exact) mass is 357 g/mol. The molecule has 0 spiro atoms. The molecule has 0 bridgehead atoms. The molecule has 0 radical (unpaired) electrons. The van der Waals surface area contributed by atoms with E-state index in [9.17, 15) is 13.2 Å². The molecule has 0 fully saturated rings. The highest BCUT2D eigenvalue weighted by Gasteiger charge is 2.32. The van der Waals surface area contributed by atoms with Crippen LogP contribution in [0.4, 0.5) is 0 Å². The highest BCUT2D eigenvalue weighted by molar-refractivity contribution is 7.91. The SMILES string of the molecule is COC(=O)c1ncsc1S(=O)(=O)N(C)CC(C)(C)CN.Cl. The minimum Gasteiger partial charge on any atom is -0.464 e. The lowest BCUT2D eigenvalue weighted by atomic mass is 9.94. The van der Waals surface area contributed by atoms with Gasteiger partial charge >= 0.3 is 5.97 Å². The van der Waals surface area contributed by atoms with Crippen molar-refractivity contribution in [1.82, 2.24) is 9.29 Å². The highest BCUT2D eigenvalue weighted by Crippen LogP contribution is 2.26. The van der Waals surface area contributed by atoms with E-state index < -0.39 is 16.0 Å². The molecule has 1 aromatic rings. The lowest BCUT2D eigenvalue weighted by Gasteiger charge is -2.28. The van der Waals surface area contributed by atoms with Crippen LogP contribution < -0.4 is 5.73 Å². The fraction of sp³-hybridized carbons (Fsp3) is 0.636. The van der Waals surface area contributed by atoms with E-state index in [1.807, 2.05) is 13.8 Å². The molecule has 1 heterocycles. The second-order valence-electron chi connectivity index (χ2n) is 5.11. The van der Waals surface area contributed by atoms with Crippen LogP contribution in [0.25, 0.3) is 0 Å². The number of carbonyl (C=O) groups is 1. The van der Waals surface area contributed by atoms with Crippen molar-refractivity contribution in [2.24, 2.45) is 11.1 Å². The van der Waals surface area contributed by atoms with Gasteiger partial charge in [-0.25, -0.2) is 18.2 Å². The predicted molar refractivity (Wildman–Crippen MR) is 83.4 cm³/mol. The highest BCUT2D eigenvalue weighted by atomic mass is 35.5. The number of aromatic nitrogens is 1. The second-order valence-corrected chi connectivity index (χ2v) is 8.20. The van der Waals surface area contributed by atoms with Crippen LogP contribution in [0.3, 0.4) is 0 Å². The molecule has 1 aromatic heterocycles. The first kappa shape index (κ1) is 20.3. The molecule has 0 saturated carbocycles. The summed E-state index contributed by atoms with van der Waals surface area (Å²) in [6.45, 7) is 4.32. The third kappa shape index (κ3) is 4.62. The topological polar surface area (TPSA) is 103 Å². The minimum absolute atomic E-state index is 0. The number of sulfonamides is 1. The zero-order chi connectivity index (χ0) is 15.6. The average Bonchev–Trinajstić information content (AvgIpc) is 2.87. The summed E-state index contributed by atoms with van der Waals surface area (Å²) in [4.78, 5) is 15.3. The molecular weight excluding hydrogens is 338 g/mol. The van der Waals surface area contributed by atoms with Crippen LogP contribution in [-0.2, 0) is 14.8 Å². The second kappa shape index (κ2) is 7.50. The first-order valence-electron chi connectivity index (χ1n) is 5.84. The Hall–Kier alpha value is -0.740. The number of methoxy groups -OCH3 is 1. The number of hydrogen-bond donors (Lipinski definition) is 1. The molecule has 21 heavy (non-hydrogen) atoms. The first-order chi connectivity index (χ1) is 9.15. The molecule has 0 saturated heterocycles. The summed E-state index contributed by atoms with van der Waals surface area (Å²) in [6, 6.07) is 0. The number of nitrogens with zero attached hydrogens (tertiary/aromatic N) is 2. The number of ether oxygens (including phenoxy) is 1. The van der Waals surface area contributed by atoms with Crippen molar-refractivity contribution >= 4 is 39.7 Å².